The molecule has 0 fully saturated rings. The molecule has 0 unspecified atom stereocenters. The van der Waals surface area contributed by atoms with Gasteiger partial charge in [-0.1, -0.05) is 18.2 Å². The summed E-state index contributed by atoms with van der Waals surface area (Å²) in [6.07, 6.45) is 3.36. The summed E-state index contributed by atoms with van der Waals surface area (Å²) in [6, 6.07) is 13.2. The van der Waals surface area contributed by atoms with Crippen molar-refractivity contribution in [1.29, 1.82) is 0 Å². The fourth-order valence-electron chi connectivity index (χ4n) is 2.41. The Kier molecular flexibility index (Phi) is 5.38. The second-order valence-corrected chi connectivity index (χ2v) is 5.64. The molecule has 1 aromatic heterocycles. The van der Waals surface area contributed by atoms with Crippen molar-refractivity contribution in [2.75, 3.05) is 5.32 Å². The van der Waals surface area contributed by atoms with Crippen LogP contribution in [0.25, 0.3) is 10.9 Å². The molecule has 6 nitrogen and oxygen atoms in total. The minimum absolute atomic E-state index is 0.00173. The van der Waals surface area contributed by atoms with Crippen LogP contribution in [0.5, 0.6) is 0 Å². The van der Waals surface area contributed by atoms with Gasteiger partial charge in [-0.05, 0) is 30.3 Å². The molecule has 3 rings (SSSR count). The molecule has 2 amide bonds. The molecule has 0 radical (unpaired) electrons. The van der Waals surface area contributed by atoms with Gasteiger partial charge in [0, 0.05) is 41.2 Å². The summed E-state index contributed by atoms with van der Waals surface area (Å²) in [6.45, 7) is 0. The predicted molar refractivity (Wildman–Crippen MR) is 98.3 cm³/mol. The molecule has 2 aromatic carbocycles. The third kappa shape index (κ3) is 4.54. The summed E-state index contributed by atoms with van der Waals surface area (Å²) < 4.78 is 12.8. The molecule has 0 aliphatic rings. The van der Waals surface area contributed by atoms with Crippen LogP contribution in [0, 0.1) is 5.82 Å². The fraction of sp³-hybridized carbons (Fsp3) is 0.105. The summed E-state index contributed by atoms with van der Waals surface area (Å²) in [4.78, 5) is 26.7. The monoisotopic (exact) mass is 352 g/mol. The predicted octanol–water partition coefficient (Wildman–Crippen LogP) is 3.18. The molecular weight excluding hydrogens is 335 g/mol. The lowest BCUT2D eigenvalue weighted by molar-refractivity contribution is -0.124. The maximum absolute atomic E-state index is 12.8. The van der Waals surface area contributed by atoms with Crippen LogP contribution >= 0.6 is 0 Å². The van der Waals surface area contributed by atoms with Gasteiger partial charge in [0.1, 0.15) is 5.82 Å². The number of carbonyl (C=O) groups is 2. The number of rotatable bonds is 6. The maximum Gasteiger partial charge on any atom is 0.240 e. The van der Waals surface area contributed by atoms with E-state index >= 15 is 0 Å². The number of nitrogens with one attached hydrogen (secondary N) is 3. The zero-order chi connectivity index (χ0) is 18.4. The van der Waals surface area contributed by atoms with Gasteiger partial charge in [-0.15, -0.1) is 0 Å². The van der Waals surface area contributed by atoms with Crippen molar-refractivity contribution in [3.8, 4) is 0 Å². The van der Waals surface area contributed by atoms with Gasteiger partial charge in [-0.25, -0.2) is 9.82 Å². The van der Waals surface area contributed by atoms with E-state index in [0.717, 1.165) is 16.5 Å². The van der Waals surface area contributed by atoms with Gasteiger partial charge in [0.25, 0.3) is 0 Å². The highest BCUT2D eigenvalue weighted by Crippen LogP contribution is 2.15. The number of anilines is 1. The number of amides is 2. The number of H-pyrrole nitrogens is 1. The molecule has 0 spiro atoms. The van der Waals surface area contributed by atoms with Crippen LogP contribution in [0.2, 0.25) is 0 Å². The van der Waals surface area contributed by atoms with E-state index in [4.69, 9.17) is 0 Å². The first-order valence-electron chi connectivity index (χ1n) is 8.05. The number of aromatic amines is 1. The average Bonchev–Trinajstić information content (AvgIpc) is 3.05. The van der Waals surface area contributed by atoms with Gasteiger partial charge in [0.2, 0.25) is 11.8 Å². The Labute approximate surface area is 149 Å². The minimum atomic E-state index is -0.379. The number of halogens is 1. The largest absolute Gasteiger partial charge is 0.361 e. The molecular formula is C19H17FN4O2. The molecule has 0 saturated heterocycles. The van der Waals surface area contributed by atoms with Crippen LogP contribution in [0.4, 0.5) is 10.1 Å². The van der Waals surface area contributed by atoms with E-state index in [9.17, 15) is 14.0 Å². The molecule has 0 saturated carbocycles. The molecule has 3 aromatic rings. The second kappa shape index (κ2) is 8.06. The molecule has 0 aliphatic carbocycles. The molecule has 0 atom stereocenters. The highest BCUT2D eigenvalue weighted by Gasteiger charge is 2.07. The van der Waals surface area contributed by atoms with Gasteiger partial charge in [0.05, 0.1) is 6.21 Å². The first kappa shape index (κ1) is 17.3. The van der Waals surface area contributed by atoms with Crippen LogP contribution in [-0.2, 0) is 9.59 Å². The van der Waals surface area contributed by atoms with E-state index in [1.165, 1.54) is 24.3 Å². The van der Waals surface area contributed by atoms with Crippen molar-refractivity contribution in [3.63, 3.8) is 0 Å². The molecule has 3 N–H and O–H groups in total. The molecule has 132 valence electrons. The Hall–Kier alpha value is -3.48. The van der Waals surface area contributed by atoms with Crippen LogP contribution in [0.1, 0.15) is 18.4 Å². The van der Waals surface area contributed by atoms with Crippen LogP contribution < -0.4 is 10.7 Å². The summed E-state index contributed by atoms with van der Waals surface area (Å²) in [5, 5.41) is 7.52. The molecule has 7 heteroatoms. The lowest BCUT2D eigenvalue weighted by atomic mass is 10.2. The van der Waals surface area contributed by atoms with E-state index in [2.05, 4.69) is 20.8 Å². The quantitative estimate of drug-likeness (QED) is 0.470. The summed E-state index contributed by atoms with van der Waals surface area (Å²) in [7, 11) is 0. The highest BCUT2D eigenvalue weighted by molar-refractivity contribution is 5.99. The fourth-order valence-corrected chi connectivity index (χ4v) is 2.41. The van der Waals surface area contributed by atoms with E-state index in [1.807, 2.05) is 24.3 Å². The number of benzene rings is 2. The molecule has 26 heavy (non-hydrogen) atoms. The van der Waals surface area contributed by atoms with Crippen molar-refractivity contribution >= 4 is 34.6 Å². The van der Waals surface area contributed by atoms with Crippen molar-refractivity contribution in [3.05, 3.63) is 66.1 Å². The number of nitrogens with zero attached hydrogens (tertiary/aromatic N) is 1. The van der Waals surface area contributed by atoms with Gasteiger partial charge in [-0.3, -0.25) is 9.59 Å². The summed E-state index contributed by atoms with van der Waals surface area (Å²) >= 11 is 0. The number of fused-ring (bicyclic) bond motifs is 1. The van der Waals surface area contributed by atoms with Gasteiger partial charge >= 0.3 is 0 Å². The van der Waals surface area contributed by atoms with Crippen LogP contribution in [0.15, 0.2) is 59.8 Å². The van der Waals surface area contributed by atoms with Crippen molar-refractivity contribution < 1.29 is 14.0 Å². The Morgan fingerprint density at radius 1 is 1.04 bits per heavy atom. The number of hydrogen-bond donors (Lipinski definition) is 3. The van der Waals surface area contributed by atoms with E-state index < -0.39 is 0 Å². The van der Waals surface area contributed by atoms with E-state index in [0.29, 0.717) is 5.69 Å². The number of para-hydroxylation sites is 1. The standard InChI is InChI=1S/C19H17FN4O2/c20-14-5-7-15(8-6-14)23-18(25)9-10-19(26)24-22-12-13-11-21-17-4-2-1-3-16(13)17/h1-8,11-12,21H,9-10H2,(H,23,25)(H,24,26)/b22-12+. The molecule has 0 bridgehead atoms. The Bertz CT molecular complexity index is 948. The average molecular weight is 352 g/mol. The zero-order valence-corrected chi connectivity index (χ0v) is 13.8. The molecule has 1 heterocycles. The van der Waals surface area contributed by atoms with Crippen LogP contribution in [-0.4, -0.2) is 23.0 Å². The highest BCUT2D eigenvalue weighted by atomic mass is 19.1. The summed E-state index contributed by atoms with van der Waals surface area (Å²) in [5.74, 6) is -1.07. The van der Waals surface area contributed by atoms with Gasteiger partial charge in [0.15, 0.2) is 0 Å². The maximum atomic E-state index is 12.8. The minimum Gasteiger partial charge on any atom is -0.361 e. The first-order chi connectivity index (χ1) is 12.6. The second-order valence-electron chi connectivity index (χ2n) is 5.64. The van der Waals surface area contributed by atoms with E-state index in [1.54, 1.807) is 12.4 Å². The van der Waals surface area contributed by atoms with Crippen LogP contribution in [0.3, 0.4) is 0 Å². The van der Waals surface area contributed by atoms with E-state index in [-0.39, 0.29) is 30.5 Å². The first-order valence-corrected chi connectivity index (χ1v) is 8.05. The smallest absolute Gasteiger partial charge is 0.240 e. The van der Waals surface area contributed by atoms with Crippen molar-refractivity contribution in [1.82, 2.24) is 10.4 Å². The molecule has 0 aliphatic heterocycles. The zero-order valence-electron chi connectivity index (χ0n) is 13.8. The number of aromatic nitrogens is 1. The third-order valence-corrected chi connectivity index (χ3v) is 3.72. The lowest BCUT2D eigenvalue weighted by Gasteiger charge is -2.04. The van der Waals surface area contributed by atoms with Crippen molar-refractivity contribution in [2.45, 2.75) is 12.8 Å². The summed E-state index contributed by atoms with van der Waals surface area (Å²) in [5.41, 5.74) is 4.72. The number of hydrogen-bond acceptors (Lipinski definition) is 3. The topological polar surface area (TPSA) is 86.3 Å². The Morgan fingerprint density at radius 3 is 2.58 bits per heavy atom. The Morgan fingerprint density at radius 2 is 1.77 bits per heavy atom. The normalized spacial score (nSPS) is 11.0. The SMILES string of the molecule is O=C(CCC(=O)Nc1ccc(F)cc1)N/N=C/c1c[nH]c2ccccc12. The van der Waals surface area contributed by atoms with Gasteiger partial charge < -0.3 is 10.3 Å². The van der Waals surface area contributed by atoms with Crippen molar-refractivity contribution in [2.24, 2.45) is 5.10 Å². The van der Waals surface area contributed by atoms with Gasteiger partial charge in [-0.2, -0.15) is 5.10 Å². The lowest BCUT2D eigenvalue weighted by Crippen LogP contribution is -2.20. The third-order valence-electron chi connectivity index (χ3n) is 3.72. The Balaban J connectivity index is 1.45. The number of carbonyl (C=O) groups excluding carboxylic acids is 2. The number of hydrazone groups is 1.